The Hall–Kier alpha value is -3.17. The Morgan fingerprint density at radius 3 is 1.28 bits per heavy atom. The van der Waals surface area contributed by atoms with Gasteiger partial charge in [0, 0.05) is 23.0 Å². The fraction of sp³-hybridized carbons (Fsp3) is 0.351. The predicted molar refractivity (Wildman–Crippen MR) is 181 cm³/mol. The van der Waals surface area contributed by atoms with Gasteiger partial charge in [-0.3, -0.25) is 0 Å². The van der Waals surface area contributed by atoms with Crippen LogP contribution in [-0.4, -0.2) is 30.2 Å². The summed E-state index contributed by atoms with van der Waals surface area (Å²) in [7, 11) is -3.46. The van der Waals surface area contributed by atoms with Gasteiger partial charge in [0.25, 0.3) is 0 Å². The van der Waals surface area contributed by atoms with E-state index in [1.165, 1.54) is 44.5 Å². The van der Waals surface area contributed by atoms with E-state index in [4.69, 9.17) is 18.3 Å². The van der Waals surface area contributed by atoms with E-state index < -0.39 is 16.6 Å². The third kappa shape index (κ3) is 5.62. The Bertz CT molecular complexity index is 1530. The van der Waals surface area contributed by atoms with Crippen LogP contribution in [0.2, 0.25) is 39.3 Å². The molecule has 0 saturated heterocycles. The summed E-state index contributed by atoms with van der Waals surface area (Å²) in [5.41, 5.74) is 10.0. The molecule has 0 aliphatic heterocycles. The number of ether oxygens (including phenoxy) is 2. The molecule has 6 heteroatoms. The molecule has 4 aromatic carbocycles. The molecule has 4 aromatic rings. The molecule has 2 aliphatic carbocycles. The van der Waals surface area contributed by atoms with Crippen molar-refractivity contribution in [2.45, 2.75) is 65.0 Å². The average Bonchev–Trinajstić information content (AvgIpc) is 3.47. The van der Waals surface area contributed by atoms with Crippen molar-refractivity contribution in [3.63, 3.8) is 0 Å². The third-order valence-corrected chi connectivity index (χ3v) is 10.7. The van der Waals surface area contributed by atoms with E-state index in [1.54, 1.807) is 0 Å². The first-order chi connectivity index (χ1) is 20.4. The van der Waals surface area contributed by atoms with E-state index >= 15 is 0 Å². The minimum Gasteiger partial charge on any atom is -0.468 e. The highest BCUT2D eigenvalue weighted by atomic mass is 28.4. The van der Waals surface area contributed by atoms with Gasteiger partial charge in [-0.25, -0.2) is 0 Å². The number of hydrogen-bond acceptors (Lipinski definition) is 4. The lowest BCUT2D eigenvalue weighted by Crippen LogP contribution is -2.31. The van der Waals surface area contributed by atoms with Gasteiger partial charge >= 0.3 is 0 Å². The first-order valence-electron chi connectivity index (χ1n) is 15.3. The van der Waals surface area contributed by atoms with Crippen molar-refractivity contribution in [1.82, 2.24) is 0 Å². The third-order valence-electron chi connectivity index (χ3n) is 8.73. The maximum atomic E-state index is 6.47. The Labute approximate surface area is 259 Å². The van der Waals surface area contributed by atoms with Crippen LogP contribution in [0.5, 0.6) is 11.5 Å². The van der Waals surface area contributed by atoms with Crippen LogP contribution in [0, 0.1) is 5.41 Å². The number of rotatable bonds is 10. The molecule has 2 unspecified atom stereocenters. The molecule has 0 saturated carbocycles. The van der Waals surface area contributed by atoms with Crippen molar-refractivity contribution < 1.29 is 18.3 Å². The van der Waals surface area contributed by atoms with E-state index in [1.807, 2.05) is 0 Å². The van der Waals surface area contributed by atoms with Crippen molar-refractivity contribution in [1.29, 1.82) is 0 Å². The second-order valence-corrected chi connectivity index (χ2v) is 23.4. The minimum atomic E-state index is -1.73. The lowest BCUT2D eigenvalue weighted by molar-refractivity contribution is 0.110. The Kier molecular flexibility index (Phi) is 7.70. The number of fused-ring (bicyclic) bond motifs is 6. The second kappa shape index (κ2) is 11.1. The van der Waals surface area contributed by atoms with Gasteiger partial charge in [0.2, 0.25) is 0 Å². The zero-order valence-electron chi connectivity index (χ0n) is 26.8. The molecule has 224 valence electrons. The first kappa shape index (κ1) is 29.9. The summed E-state index contributed by atoms with van der Waals surface area (Å²) in [6, 6.07) is 30.7. The van der Waals surface area contributed by atoms with Crippen LogP contribution in [0.4, 0.5) is 0 Å². The zero-order chi connectivity index (χ0) is 30.6. The lowest BCUT2D eigenvalue weighted by Gasteiger charge is -2.40. The fourth-order valence-corrected chi connectivity index (χ4v) is 7.78. The van der Waals surface area contributed by atoms with Gasteiger partial charge in [-0.05, 0) is 90.2 Å². The minimum absolute atomic E-state index is 0.0945. The van der Waals surface area contributed by atoms with Crippen LogP contribution in [-0.2, 0) is 8.85 Å². The monoisotopic (exact) mass is 608 g/mol. The summed E-state index contributed by atoms with van der Waals surface area (Å²) in [4.78, 5) is 0. The maximum absolute atomic E-state index is 6.47. The van der Waals surface area contributed by atoms with Crippen LogP contribution >= 0.6 is 0 Å². The summed E-state index contributed by atoms with van der Waals surface area (Å²) < 4.78 is 25.2. The summed E-state index contributed by atoms with van der Waals surface area (Å²) in [6.45, 7) is 18.5. The molecule has 4 nitrogen and oxygen atoms in total. The molecule has 6 rings (SSSR count). The molecule has 2 atom stereocenters. The van der Waals surface area contributed by atoms with Crippen LogP contribution in [0.1, 0.15) is 47.9 Å². The molecule has 0 spiro atoms. The largest absolute Gasteiger partial charge is 0.468 e. The first-order valence-corrected chi connectivity index (χ1v) is 22.2. The normalized spacial score (nSPS) is 17.2. The highest BCUT2D eigenvalue weighted by Crippen LogP contribution is 2.64. The topological polar surface area (TPSA) is 36.9 Å². The summed E-state index contributed by atoms with van der Waals surface area (Å²) in [5, 5.41) is 0. The van der Waals surface area contributed by atoms with Crippen LogP contribution in [0.3, 0.4) is 0 Å². The highest BCUT2D eigenvalue weighted by molar-refractivity contribution is 6.70. The van der Waals surface area contributed by atoms with E-state index in [9.17, 15) is 0 Å². The van der Waals surface area contributed by atoms with Gasteiger partial charge in [0.1, 0.15) is 11.5 Å². The van der Waals surface area contributed by atoms with E-state index in [2.05, 4.69) is 138 Å². The lowest BCUT2D eigenvalue weighted by atomic mass is 9.63. The average molecular weight is 609 g/mol. The molecular formula is C37H44O4Si2. The van der Waals surface area contributed by atoms with Gasteiger partial charge in [-0.1, -0.05) is 86.6 Å². The second-order valence-electron chi connectivity index (χ2n) is 14.3. The summed E-state index contributed by atoms with van der Waals surface area (Å²) in [6.07, 6.45) is 0. The zero-order valence-corrected chi connectivity index (χ0v) is 28.8. The number of benzene rings is 4. The molecule has 0 radical (unpaired) electrons. The Morgan fingerprint density at radius 2 is 0.884 bits per heavy atom. The quantitative estimate of drug-likeness (QED) is 0.133. The van der Waals surface area contributed by atoms with Gasteiger partial charge in [0.05, 0.1) is 0 Å². The molecule has 0 amide bonds. The van der Waals surface area contributed by atoms with Crippen LogP contribution in [0.15, 0.2) is 84.9 Å². The van der Waals surface area contributed by atoms with E-state index in [-0.39, 0.29) is 30.8 Å². The SMILES string of the molecule is CC(C)(C1c2ccccc2-c2cccc(OCO[Si](C)(C)C)c21)C1c2ccccc2-c2cccc(OCO[Si](C)(C)C)c21. The molecule has 0 heterocycles. The molecule has 0 fully saturated rings. The van der Waals surface area contributed by atoms with Crippen LogP contribution < -0.4 is 9.47 Å². The molecular weight excluding hydrogens is 565 g/mol. The highest BCUT2D eigenvalue weighted by Gasteiger charge is 2.50. The van der Waals surface area contributed by atoms with E-state index in [0.717, 1.165) is 11.5 Å². The standard InChI is InChI=1S/C37H44O4Si2/c1-37(2,35-29-17-11-9-15-25(29)27-19-13-21-31(33(27)35)38-23-40-42(3,4)5)36-30-18-12-10-16-26(30)28-20-14-22-32(34(28)36)39-24-41-43(6,7)8/h9-22,35-36H,23-24H2,1-8H3. The van der Waals surface area contributed by atoms with Gasteiger partial charge < -0.3 is 18.3 Å². The molecule has 0 aromatic heterocycles. The predicted octanol–water partition coefficient (Wildman–Crippen LogP) is 10.0. The van der Waals surface area contributed by atoms with Crippen molar-refractivity contribution in [2.24, 2.45) is 5.41 Å². The van der Waals surface area contributed by atoms with E-state index in [0.29, 0.717) is 0 Å². The van der Waals surface area contributed by atoms with Crippen LogP contribution in [0.25, 0.3) is 22.3 Å². The van der Waals surface area contributed by atoms with Gasteiger partial charge in [-0.15, -0.1) is 0 Å². The Morgan fingerprint density at radius 1 is 0.512 bits per heavy atom. The molecule has 43 heavy (non-hydrogen) atoms. The molecule has 2 aliphatic rings. The van der Waals surface area contributed by atoms with Crippen molar-refractivity contribution in [3.8, 4) is 33.8 Å². The van der Waals surface area contributed by atoms with Crippen molar-refractivity contribution >= 4 is 16.6 Å². The smallest absolute Gasteiger partial charge is 0.188 e. The summed E-state index contributed by atoms with van der Waals surface area (Å²) in [5.74, 6) is 2.00. The number of hydrogen-bond donors (Lipinski definition) is 0. The fourth-order valence-electron chi connectivity index (χ4n) is 6.96. The van der Waals surface area contributed by atoms with Gasteiger partial charge in [-0.2, -0.15) is 0 Å². The molecule has 0 bridgehead atoms. The summed E-state index contributed by atoms with van der Waals surface area (Å²) >= 11 is 0. The molecule has 0 N–H and O–H groups in total. The van der Waals surface area contributed by atoms with Gasteiger partial charge in [0.15, 0.2) is 30.2 Å². The van der Waals surface area contributed by atoms with Crippen molar-refractivity contribution in [2.75, 3.05) is 13.6 Å². The Balaban J connectivity index is 1.49. The van der Waals surface area contributed by atoms with Crippen molar-refractivity contribution in [3.05, 3.63) is 107 Å². The maximum Gasteiger partial charge on any atom is 0.188 e.